The molecule has 13 heavy (non-hydrogen) atoms. The lowest BCUT2D eigenvalue weighted by Crippen LogP contribution is -1.91. The lowest BCUT2D eigenvalue weighted by molar-refractivity contribution is 0.135. The highest BCUT2D eigenvalue weighted by molar-refractivity contribution is 5.82. The van der Waals surface area contributed by atoms with Crippen molar-refractivity contribution in [2.75, 3.05) is 6.61 Å². The van der Waals surface area contributed by atoms with Gasteiger partial charge >= 0.3 is 0 Å². The van der Waals surface area contributed by atoms with Gasteiger partial charge in [-0.15, -0.1) is 0 Å². The Balaban J connectivity index is 2.37. The molecule has 0 saturated carbocycles. The number of ether oxygens (including phenoxy) is 1. The maximum atomic E-state index is 5.38. The number of H-pyrrole nitrogens is 1. The van der Waals surface area contributed by atoms with Crippen molar-refractivity contribution in [2.24, 2.45) is 0 Å². The van der Waals surface area contributed by atoms with Crippen LogP contribution in [0.5, 0.6) is 0 Å². The molecule has 0 aliphatic carbocycles. The van der Waals surface area contributed by atoms with Crippen LogP contribution in [0.3, 0.4) is 0 Å². The van der Waals surface area contributed by atoms with E-state index in [4.69, 9.17) is 4.74 Å². The van der Waals surface area contributed by atoms with Crippen LogP contribution in [-0.2, 0) is 11.3 Å². The van der Waals surface area contributed by atoms with Gasteiger partial charge in [-0.2, -0.15) is 0 Å². The lowest BCUT2D eigenvalue weighted by atomic mass is 10.1. The van der Waals surface area contributed by atoms with Gasteiger partial charge in [-0.05, 0) is 24.6 Å². The summed E-state index contributed by atoms with van der Waals surface area (Å²) in [5.74, 6) is 0. The number of rotatable bonds is 3. The van der Waals surface area contributed by atoms with E-state index in [1.165, 1.54) is 16.5 Å². The monoisotopic (exact) mass is 175 g/mol. The van der Waals surface area contributed by atoms with Crippen LogP contribution in [0.2, 0.25) is 0 Å². The molecule has 2 aromatic rings. The predicted molar refractivity (Wildman–Crippen MR) is 53.6 cm³/mol. The average molecular weight is 175 g/mol. The Morgan fingerprint density at radius 3 is 3.08 bits per heavy atom. The van der Waals surface area contributed by atoms with Gasteiger partial charge in [-0.25, -0.2) is 0 Å². The van der Waals surface area contributed by atoms with E-state index in [2.05, 4.69) is 23.2 Å². The second-order valence-corrected chi connectivity index (χ2v) is 2.99. The van der Waals surface area contributed by atoms with Crippen molar-refractivity contribution in [2.45, 2.75) is 13.5 Å². The Morgan fingerprint density at radius 2 is 2.23 bits per heavy atom. The van der Waals surface area contributed by atoms with Gasteiger partial charge in [0, 0.05) is 23.7 Å². The van der Waals surface area contributed by atoms with Crippen molar-refractivity contribution in [3.63, 3.8) is 0 Å². The van der Waals surface area contributed by atoms with Gasteiger partial charge in [0.25, 0.3) is 0 Å². The third-order valence-corrected chi connectivity index (χ3v) is 2.15. The second-order valence-electron chi connectivity index (χ2n) is 2.99. The van der Waals surface area contributed by atoms with Crippen molar-refractivity contribution in [1.29, 1.82) is 0 Å². The maximum absolute atomic E-state index is 5.38. The summed E-state index contributed by atoms with van der Waals surface area (Å²) < 4.78 is 5.38. The van der Waals surface area contributed by atoms with Crippen LogP contribution >= 0.6 is 0 Å². The van der Waals surface area contributed by atoms with Crippen molar-refractivity contribution in [3.8, 4) is 0 Å². The summed E-state index contributed by atoms with van der Waals surface area (Å²) in [4.78, 5) is 3.18. The summed E-state index contributed by atoms with van der Waals surface area (Å²) in [5, 5.41) is 1.26. The molecule has 0 bridgehead atoms. The first-order valence-electron chi connectivity index (χ1n) is 4.54. The summed E-state index contributed by atoms with van der Waals surface area (Å²) in [6.07, 6.45) is 1.96. The van der Waals surface area contributed by atoms with Crippen LogP contribution in [0.4, 0.5) is 0 Å². The summed E-state index contributed by atoms with van der Waals surface area (Å²) in [7, 11) is 0. The van der Waals surface area contributed by atoms with Crippen LogP contribution in [0, 0.1) is 0 Å². The summed E-state index contributed by atoms with van der Waals surface area (Å²) >= 11 is 0. The zero-order chi connectivity index (χ0) is 9.10. The summed E-state index contributed by atoms with van der Waals surface area (Å²) in [5.41, 5.74) is 2.43. The highest BCUT2D eigenvalue weighted by Gasteiger charge is 1.99. The number of benzene rings is 1. The quantitative estimate of drug-likeness (QED) is 0.762. The highest BCUT2D eigenvalue weighted by atomic mass is 16.5. The van der Waals surface area contributed by atoms with E-state index in [-0.39, 0.29) is 0 Å². The van der Waals surface area contributed by atoms with Crippen molar-refractivity contribution < 1.29 is 4.74 Å². The first-order chi connectivity index (χ1) is 6.42. The van der Waals surface area contributed by atoms with Crippen LogP contribution in [0.25, 0.3) is 10.9 Å². The highest BCUT2D eigenvalue weighted by Crippen LogP contribution is 2.17. The number of hydrogen-bond acceptors (Lipinski definition) is 1. The molecule has 1 aromatic heterocycles. The van der Waals surface area contributed by atoms with E-state index < -0.39 is 0 Å². The summed E-state index contributed by atoms with van der Waals surface area (Å²) in [6, 6.07) is 8.31. The fraction of sp³-hybridized carbons (Fsp3) is 0.273. The Kier molecular flexibility index (Phi) is 2.32. The second kappa shape index (κ2) is 3.62. The maximum Gasteiger partial charge on any atom is 0.0723 e. The largest absolute Gasteiger partial charge is 0.377 e. The van der Waals surface area contributed by atoms with Gasteiger partial charge in [0.15, 0.2) is 0 Å². The van der Waals surface area contributed by atoms with Gasteiger partial charge < -0.3 is 9.72 Å². The van der Waals surface area contributed by atoms with Gasteiger partial charge in [-0.1, -0.05) is 12.1 Å². The average Bonchev–Trinajstić information content (AvgIpc) is 2.62. The predicted octanol–water partition coefficient (Wildman–Crippen LogP) is 2.70. The number of aromatic nitrogens is 1. The fourth-order valence-electron chi connectivity index (χ4n) is 1.49. The Labute approximate surface area is 77.5 Å². The van der Waals surface area contributed by atoms with Crippen molar-refractivity contribution in [3.05, 3.63) is 36.0 Å². The molecular formula is C11H13NO. The van der Waals surface area contributed by atoms with E-state index >= 15 is 0 Å². The molecule has 68 valence electrons. The molecular weight excluding hydrogens is 162 g/mol. The third kappa shape index (κ3) is 1.58. The van der Waals surface area contributed by atoms with Gasteiger partial charge in [0.1, 0.15) is 0 Å². The van der Waals surface area contributed by atoms with Crippen molar-refractivity contribution in [1.82, 2.24) is 4.98 Å². The van der Waals surface area contributed by atoms with Gasteiger partial charge in [-0.3, -0.25) is 0 Å². The van der Waals surface area contributed by atoms with Crippen LogP contribution in [0.15, 0.2) is 30.5 Å². The Morgan fingerprint density at radius 1 is 1.31 bits per heavy atom. The van der Waals surface area contributed by atoms with Crippen LogP contribution < -0.4 is 0 Å². The van der Waals surface area contributed by atoms with E-state index in [1.54, 1.807) is 0 Å². The van der Waals surface area contributed by atoms with E-state index in [0.717, 1.165) is 6.61 Å². The van der Waals surface area contributed by atoms with Crippen LogP contribution in [0.1, 0.15) is 12.5 Å². The molecule has 1 heterocycles. The Bertz CT molecular complexity index is 392. The van der Waals surface area contributed by atoms with Gasteiger partial charge in [0.2, 0.25) is 0 Å². The van der Waals surface area contributed by atoms with Crippen LogP contribution in [-0.4, -0.2) is 11.6 Å². The molecule has 2 heteroatoms. The summed E-state index contributed by atoms with van der Waals surface area (Å²) in [6.45, 7) is 3.48. The van der Waals surface area contributed by atoms with E-state index in [0.29, 0.717) is 6.61 Å². The van der Waals surface area contributed by atoms with Gasteiger partial charge in [0.05, 0.1) is 6.61 Å². The smallest absolute Gasteiger partial charge is 0.0723 e. The molecule has 0 aliphatic rings. The van der Waals surface area contributed by atoms with E-state index in [1.807, 2.05) is 19.2 Å². The molecule has 2 rings (SSSR count). The zero-order valence-electron chi connectivity index (χ0n) is 7.71. The fourth-order valence-corrected chi connectivity index (χ4v) is 1.49. The van der Waals surface area contributed by atoms with Crippen molar-refractivity contribution >= 4 is 10.9 Å². The molecule has 0 radical (unpaired) electrons. The SMILES string of the molecule is CCOCc1cccc2[nH]ccc12. The lowest BCUT2D eigenvalue weighted by Gasteiger charge is -2.02. The minimum Gasteiger partial charge on any atom is -0.377 e. The number of fused-ring (bicyclic) bond motifs is 1. The molecule has 0 atom stereocenters. The topological polar surface area (TPSA) is 25.0 Å². The first kappa shape index (κ1) is 8.32. The molecule has 0 amide bonds. The molecule has 0 spiro atoms. The first-order valence-corrected chi connectivity index (χ1v) is 4.54. The molecule has 0 unspecified atom stereocenters. The Hall–Kier alpha value is -1.28. The molecule has 2 nitrogen and oxygen atoms in total. The minimum absolute atomic E-state index is 0.700. The molecule has 1 N–H and O–H groups in total. The number of aromatic amines is 1. The molecule has 0 aliphatic heterocycles. The molecule has 0 saturated heterocycles. The zero-order valence-corrected chi connectivity index (χ0v) is 7.71. The number of hydrogen-bond donors (Lipinski definition) is 1. The normalized spacial score (nSPS) is 10.8. The molecule has 0 fully saturated rings. The minimum atomic E-state index is 0.700. The molecule has 1 aromatic carbocycles. The number of nitrogens with one attached hydrogen (secondary N) is 1. The van der Waals surface area contributed by atoms with E-state index in [9.17, 15) is 0 Å². The third-order valence-electron chi connectivity index (χ3n) is 2.15. The standard InChI is InChI=1S/C11H13NO/c1-2-13-8-9-4-3-5-11-10(9)6-7-12-11/h3-7,12H,2,8H2,1H3.